The molecule has 7 heteroatoms. The summed E-state index contributed by atoms with van der Waals surface area (Å²) in [4.78, 5) is 17.3. The van der Waals surface area contributed by atoms with Crippen molar-refractivity contribution in [3.8, 4) is 5.75 Å². The number of hydrogen-bond acceptors (Lipinski definition) is 6. The first-order valence-corrected chi connectivity index (χ1v) is 10.2. The summed E-state index contributed by atoms with van der Waals surface area (Å²) in [5, 5.41) is 0. The van der Waals surface area contributed by atoms with Gasteiger partial charge in [0.25, 0.3) is 5.91 Å². The Morgan fingerprint density at radius 3 is 2.57 bits per heavy atom. The molecule has 2 aliphatic heterocycles. The summed E-state index contributed by atoms with van der Waals surface area (Å²) in [5.74, 6) is 0.620. The van der Waals surface area contributed by atoms with Crippen molar-refractivity contribution in [1.82, 2.24) is 0 Å². The minimum Gasteiger partial charge on any atom is -0.496 e. The van der Waals surface area contributed by atoms with Crippen molar-refractivity contribution in [2.75, 3.05) is 43.2 Å². The van der Waals surface area contributed by atoms with Crippen LogP contribution in [0, 0.1) is 0 Å². The van der Waals surface area contributed by atoms with Gasteiger partial charge >= 0.3 is 0 Å². The lowest BCUT2D eigenvalue weighted by Gasteiger charge is -2.29. The molecule has 2 saturated heterocycles. The summed E-state index contributed by atoms with van der Waals surface area (Å²) in [6.45, 7) is 3.18. The molecule has 0 unspecified atom stereocenters. The van der Waals surface area contributed by atoms with Crippen LogP contribution < -0.4 is 14.5 Å². The fourth-order valence-electron chi connectivity index (χ4n) is 3.25. The Hall–Kier alpha value is -2.35. The first-order chi connectivity index (χ1) is 13.7. The molecule has 0 aromatic heterocycles. The molecule has 144 valence electrons. The number of carbonyl (C=O) groups is 1. The minimum absolute atomic E-state index is 0.111. The summed E-state index contributed by atoms with van der Waals surface area (Å²) >= 11 is 6.75. The van der Waals surface area contributed by atoms with Crippen molar-refractivity contribution < 1.29 is 14.3 Å². The van der Waals surface area contributed by atoms with Crippen LogP contribution in [0.5, 0.6) is 5.75 Å². The number of hydrogen-bond donors (Lipinski definition) is 0. The molecule has 0 saturated carbocycles. The Bertz CT molecular complexity index is 925. The Balaban J connectivity index is 1.61. The van der Waals surface area contributed by atoms with Crippen LogP contribution >= 0.6 is 24.0 Å². The second-order valence-corrected chi connectivity index (χ2v) is 8.05. The van der Waals surface area contributed by atoms with E-state index in [-0.39, 0.29) is 5.91 Å². The minimum atomic E-state index is -0.111. The van der Waals surface area contributed by atoms with Crippen molar-refractivity contribution in [3.05, 3.63) is 59.0 Å². The molecule has 2 fully saturated rings. The molecule has 0 N–H and O–H groups in total. The van der Waals surface area contributed by atoms with Crippen LogP contribution in [0.3, 0.4) is 0 Å². The van der Waals surface area contributed by atoms with Crippen molar-refractivity contribution >= 4 is 51.7 Å². The van der Waals surface area contributed by atoms with Crippen LogP contribution in [0.1, 0.15) is 5.56 Å². The van der Waals surface area contributed by atoms with E-state index in [0.29, 0.717) is 9.23 Å². The average Bonchev–Trinajstić information content (AvgIpc) is 3.02. The zero-order valence-electron chi connectivity index (χ0n) is 15.5. The second kappa shape index (κ2) is 8.34. The van der Waals surface area contributed by atoms with Gasteiger partial charge in [0.15, 0.2) is 4.32 Å². The van der Waals surface area contributed by atoms with Gasteiger partial charge in [-0.05, 0) is 30.3 Å². The van der Waals surface area contributed by atoms with Crippen molar-refractivity contribution in [2.45, 2.75) is 0 Å². The molecular formula is C21H20N2O3S2. The van der Waals surface area contributed by atoms with Gasteiger partial charge in [0.2, 0.25) is 0 Å². The first-order valence-electron chi connectivity index (χ1n) is 9.01. The number of ether oxygens (including phenoxy) is 2. The summed E-state index contributed by atoms with van der Waals surface area (Å²) in [7, 11) is 1.64. The van der Waals surface area contributed by atoms with Crippen LogP contribution in [0.2, 0.25) is 0 Å². The van der Waals surface area contributed by atoms with Gasteiger partial charge in [-0.25, -0.2) is 0 Å². The maximum Gasteiger partial charge on any atom is 0.270 e. The summed E-state index contributed by atoms with van der Waals surface area (Å²) < 4.78 is 11.5. The van der Waals surface area contributed by atoms with Gasteiger partial charge in [-0.2, -0.15) is 0 Å². The highest BCUT2D eigenvalue weighted by Gasteiger charge is 2.33. The van der Waals surface area contributed by atoms with Crippen LogP contribution in [0.25, 0.3) is 6.08 Å². The van der Waals surface area contributed by atoms with Crippen molar-refractivity contribution in [2.24, 2.45) is 0 Å². The summed E-state index contributed by atoms with van der Waals surface area (Å²) in [6.07, 6.45) is 1.85. The topological polar surface area (TPSA) is 42.0 Å². The number of amides is 1. The number of rotatable bonds is 4. The lowest BCUT2D eigenvalue weighted by Crippen LogP contribution is -2.36. The molecule has 0 bridgehead atoms. The molecule has 28 heavy (non-hydrogen) atoms. The van der Waals surface area contributed by atoms with Gasteiger partial charge in [-0.3, -0.25) is 9.69 Å². The molecule has 0 aliphatic carbocycles. The van der Waals surface area contributed by atoms with Crippen molar-refractivity contribution in [3.63, 3.8) is 0 Å². The number of thioether (sulfide) groups is 1. The predicted octanol–water partition coefficient (Wildman–Crippen LogP) is 3.94. The third kappa shape index (κ3) is 3.78. The van der Waals surface area contributed by atoms with E-state index < -0.39 is 0 Å². The van der Waals surface area contributed by atoms with E-state index in [1.807, 2.05) is 48.5 Å². The molecule has 5 nitrogen and oxygen atoms in total. The number of carbonyl (C=O) groups excluding carboxylic acids is 1. The van der Waals surface area contributed by atoms with E-state index in [2.05, 4.69) is 11.0 Å². The Morgan fingerprint density at radius 2 is 1.86 bits per heavy atom. The number of methoxy groups -OCH3 is 1. The highest BCUT2D eigenvalue weighted by Crippen LogP contribution is 2.37. The lowest BCUT2D eigenvalue weighted by atomic mass is 10.1. The third-order valence-corrected chi connectivity index (χ3v) is 5.99. The fourth-order valence-corrected chi connectivity index (χ4v) is 4.54. The zero-order chi connectivity index (χ0) is 19.5. The first kappa shape index (κ1) is 19.0. The van der Waals surface area contributed by atoms with Crippen molar-refractivity contribution in [1.29, 1.82) is 0 Å². The molecule has 0 spiro atoms. The fraction of sp³-hybridized carbons (Fsp3) is 0.238. The van der Waals surface area contributed by atoms with E-state index in [9.17, 15) is 4.79 Å². The number of morpholine rings is 1. The van der Waals surface area contributed by atoms with E-state index in [1.165, 1.54) is 11.8 Å². The van der Waals surface area contributed by atoms with E-state index in [4.69, 9.17) is 21.7 Å². The lowest BCUT2D eigenvalue weighted by molar-refractivity contribution is -0.113. The highest BCUT2D eigenvalue weighted by molar-refractivity contribution is 8.27. The van der Waals surface area contributed by atoms with Crippen LogP contribution in [-0.2, 0) is 9.53 Å². The van der Waals surface area contributed by atoms with Gasteiger partial charge in [-0.15, -0.1) is 0 Å². The Labute approximate surface area is 173 Å². The van der Waals surface area contributed by atoms with Gasteiger partial charge in [0.1, 0.15) is 5.75 Å². The summed E-state index contributed by atoms with van der Waals surface area (Å²) in [6, 6.07) is 15.5. The normalized spacial score (nSPS) is 18.8. The van der Waals surface area contributed by atoms with Crippen LogP contribution in [-0.4, -0.2) is 43.6 Å². The predicted molar refractivity (Wildman–Crippen MR) is 118 cm³/mol. The Morgan fingerprint density at radius 1 is 1.11 bits per heavy atom. The monoisotopic (exact) mass is 412 g/mol. The largest absolute Gasteiger partial charge is 0.496 e. The number of nitrogens with zero attached hydrogens (tertiary/aromatic N) is 2. The number of benzene rings is 2. The zero-order valence-corrected chi connectivity index (χ0v) is 17.1. The van der Waals surface area contributed by atoms with Crippen LogP contribution in [0.15, 0.2) is 53.4 Å². The molecule has 2 heterocycles. The maximum absolute atomic E-state index is 12.9. The molecule has 4 rings (SSSR count). The maximum atomic E-state index is 12.9. The summed E-state index contributed by atoms with van der Waals surface area (Å²) in [5.41, 5.74) is 2.73. The van der Waals surface area contributed by atoms with Gasteiger partial charge in [0.05, 0.1) is 30.9 Å². The second-order valence-electron chi connectivity index (χ2n) is 6.38. The third-order valence-electron chi connectivity index (χ3n) is 4.69. The molecule has 0 atom stereocenters. The SMILES string of the molecule is COc1cc(N2CCOCC2)ccc1/C=C1\SC(=S)N(c2ccccc2)C1=O. The van der Waals surface area contributed by atoms with Gasteiger partial charge < -0.3 is 14.4 Å². The van der Waals surface area contributed by atoms with Crippen LogP contribution in [0.4, 0.5) is 11.4 Å². The molecule has 2 aliphatic rings. The molecule has 2 aromatic rings. The quantitative estimate of drug-likeness (QED) is 0.560. The molecule has 1 amide bonds. The van der Waals surface area contributed by atoms with E-state index in [1.54, 1.807) is 12.0 Å². The van der Waals surface area contributed by atoms with Gasteiger partial charge in [-0.1, -0.05) is 42.2 Å². The van der Waals surface area contributed by atoms with Gasteiger partial charge in [0, 0.05) is 30.4 Å². The standard InChI is InChI=1S/C21H20N2O3S2/c1-25-18-14-17(22-9-11-26-12-10-22)8-7-15(18)13-19-20(24)23(21(27)28-19)16-5-3-2-4-6-16/h2-8,13-14H,9-12H2,1H3/b19-13-. The van der Waals surface area contributed by atoms with E-state index in [0.717, 1.165) is 49.0 Å². The highest BCUT2D eigenvalue weighted by atomic mass is 32.2. The number of anilines is 2. The van der Waals surface area contributed by atoms with E-state index >= 15 is 0 Å². The average molecular weight is 413 g/mol. The molecule has 0 radical (unpaired) electrons. The number of para-hydroxylation sites is 1. The number of thiocarbonyl (C=S) groups is 1. The molecular weight excluding hydrogens is 392 g/mol. The molecule has 2 aromatic carbocycles. The Kier molecular flexibility index (Phi) is 5.66. The smallest absolute Gasteiger partial charge is 0.270 e.